The van der Waals surface area contributed by atoms with Gasteiger partial charge in [-0.3, -0.25) is 0 Å². The van der Waals surface area contributed by atoms with Crippen LogP contribution in [0.2, 0.25) is 0 Å². The average molecular weight is 160 g/mol. The smallest absolute Gasteiger partial charge is 0.370 e. The van der Waals surface area contributed by atoms with E-state index in [1.165, 1.54) is 6.42 Å². The van der Waals surface area contributed by atoms with Gasteiger partial charge in [0.05, 0.1) is 6.61 Å². The first kappa shape index (κ1) is 12.7. The van der Waals surface area contributed by atoms with Crippen LogP contribution in [0.3, 0.4) is 0 Å². The highest BCUT2D eigenvalue weighted by Crippen LogP contribution is 1.90. The van der Waals surface area contributed by atoms with E-state index in [1.807, 2.05) is 0 Å². The third kappa shape index (κ3) is 12.3. The topological polar surface area (TPSA) is 46.5 Å². The Morgan fingerprint density at radius 3 is 1.91 bits per heavy atom. The third-order valence-corrected chi connectivity index (χ3v) is 0.557. The fraction of sp³-hybridized carbons (Fsp3) is 0.625. The number of rotatable bonds is 3. The molecule has 0 aromatic heterocycles. The van der Waals surface area contributed by atoms with Crippen molar-refractivity contribution in [2.45, 2.75) is 27.2 Å². The van der Waals surface area contributed by atoms with Crippen LogP contribution in [-0.2, 0) is 9.53 Å². The summed E-state index contributed by atoms with van der Waals surface area (Å²) in [6.45, 7) is 9.43. The molecule has 0 aliphatic rings. The normalized spacial score (nSPS) is 7.55. The second-order valence-electron chi connectivity index (χ2n) is 1.87. The van der Waals surface area contributed by atoms with E-state index >= 15 is 0 Å². The molecule has 0 bridgehead atoms. The van der Waals surface area contributed by atoms with E-state index in [2.05, 4.69) is 25.2 Å². The lowest BCUT2D eigenvalue weighted by molar-refractivity contribution is -0.136. The van der Waals surface area contributed by atoms with Crippen molar-refractivity contribution in [1.82, 2.24) is 0 Å². The molecule has 0 amide bonds. The monoisotopic (exact) mass is 160 g/mol. The van der Waals surface area contributed by atoms with Crippen LogP contribution in [0.25, 0.3) is 0 Å². The molecule has 0 rings (SSSR count). The van der Waals surface area contributed by atoms with Gasteiger partial charge in [-0.25, -0.2) is 4.79 Å². The molecule has 0 aromatic rings. The summed E-state index contributed by atoms with van der Waals surface area (Å²) < 4.78 is 4.51. The maximum Gasteiger partial charge on any atom is 0.370 e. The van der Waals surface area contributed by atoms with E-state index in [4.69, 9.17) is 5.11 Å². The van der Waals surface area contributed by atoms with Crippen molar-refractivity contribution in [3.05, 3.63) is 12.3 Å². The standard InChI is InChI=1S/C5H8O3.C3H8/c1-3-8-4(2)5(6)7;1-3-2/h2-3H2,1H3,(H,6,7);3H2,1-2H3. The Morgan fingerprint density at radius 1 is 1.45 bits per heavy atom. The summed E-state index contributed by atoms with van der Waals surface area (Å²) in [6, 6.07) is 0. The minimum Gasteiger partial charge on any atom is -0.487 e. The van der Waals surface area contributed by atoms with Gasteiger partial charge in [-0.1, -0.05) is 20.3 Å². The van der Waals surface area contributed by atoms with Gasteiger partial charge in [0.2, 0.25) is 0 Å². The third-order valence-electron chi connectivity index (χ3n) is 0.557. The molecule has 66 valence electrons. The molecular formula is C8H16O3. The summed E-state index contributed by atoms with van der Waals surface area (Å²) in [4.78, 5) is 9.86. The van der Waals surface area contributed by atoms with E-state index in [0.29, 0.717) is 6.61 Å². The first-order valence-electron chi connectivity index (χ1n) is 3.65. The van der Waals surface area contributed by atoms with Gasteiger partial charge in [-0.15, -0.1) is 0 Å². The summed E-state index contributed by atoms with van der Waals surface area (Å²) in [5.41, 5.74) is 0. The largest absolute Gasteiger partial charge is 0.487 e. The van der Waals surface area contributed by atoms with Crippen molar-refractivity contribution in [1.29, 1.82) is 0 Å². The molecule has 1 N–H and O–H groups in total. The van der Waals surface area contributed by atoms with Crippen molar-refractivity contribution >= 4 is 5.97 Å². The highest BCUT2D eigenvalue weighted by Gasteiger charge is 2.00. The Labute approximate surface area is 67.7 Å². The quantitative estimate of drug-likeness (QED) is 0.507. The predicted octanol–water partition coefficient (Wildman–Crippen LogP) is 2.04. The van der Waals surface area contributed by atoms with Crippen LogP contribution in [0.5, 0.6) is 0 Å². The molecule has 0 spiro atoms. The Balaban J connectivity index is 0. The van der Waals surface area contributed by atoms with E-state index in [0.717, 1.165) is 0 Å². The van der Waals surface area contributed by atoms with Crippen LogP contribution in [0.4, 0.5) is 0 Å². The Kier molecular flexibility index (Phi) is 10.4. The lowest BCUT2D eigenvalue weighted by Gasteiger charge is -1.97. The van der Waals surface area contributed by atoms with Gasteiger partial charge in [0.1, 0.15) is 0 Å². The minimum absolute atomic E-state index is 0.201. The summed E-state index contributed by atoms with van der Waals surface area (Å²) in [5.74, 6) is -1.31. The van der Waals surface area contributed by atoms with Crippen molar-refractivity contribution in [3.63, 3.8) is 0 Å². The van der Waals surface area contributed by atoms with Crippen LogP contribution >= 0.6 is 0 Å². The van der Waals surface area contributed by atoms with E-state index in [9.17, 15) is 4.79 Å². The van der Waals surface area contributed by atoms with Crippen molar-refractivity contribution in [3.8, 4) is 0 Å². The summed E-state index contributed by atoms with van der Waals surface area (Å²) in [6.07, 6.45) is 1.25. The molecule has 3 heteroatoms. The van der Waals surface area contributed by atoms with Crippen molar-refractivity contribution in [2.75, 3.05) is 6.61 Å². The zero-order valence-electron chi connectivity index (χ0n) is 7.39. The molecule has 0 heterocycles. The molecule has 0 saturated carbocycles. The number of hydrogen-bond donors (Lipinski definition) is 1. The van der Waals surface area contributed by atoms with Gasteiger partial charge >= 0.3 is 5.97 Å². The highest BCUT2D eigenvalue weighted by molar-refractivity contribution is 5.83. The number of hydrogen-bond acceptors (Lipinski definition) is 2. The molecule has 0 atom stereocenters. The van der Waals surface area contributed by atoms with Crippen LogP contribution in [-0.4, -0.2) is 17.7 Å². The van der Waals surface area contributed by atoms with Crippen molar-refractivity contribution in [2.24, 2.45) is 0 Å². The molecule has 0 aromatic carbocycles. The second kappa shape index (κ2) is 9.01. The maximum atomic E-state index is 9.86. The van der Waals surface area contributed by atoms with Crippen LogP contribution < -0.4 is 0 Å². The molecule has 0 fully saturated rings. The van der Waals surface area contributed by atoms with Gasteiger partial charge < -0.3 is 9.84 Å². The molecular weight excluding hydrogens is 144 g/mol. The SMILES string of the molecule is C=C(OCC)C(=O)O.CCC. The van der Waals surface area contributed by atoms with Crippen molar-refractivity contribution < 1.29 is 14.6 Å². The minimum atomic E-state index is -1.10. The van der Waals surface area contributed by atoms with Gasteiger partial charge in [0.15, 0.2) is 5.76 Å². The fourth-order valence-corrected chi connectivity index (χ4v) is 0.236. The number of carboxylic acids is 1. The zero-order chi connectivity index (χ0) is 9.28. The van der Waals surface area contributed by atoms with E-state index < -0.39 is 5.97 Å². The van der Waals surface area contributed by atoms with Crippen LogP contribution in [0, 0.1) is 0 Å². The fourth-order valence-electron chi connectivity index (χ4n) is 0.236. The Bertz CT molecular complexity index is 119. The first-order chi connectivity index (χ1) is 5.09. The predicted molar refractivity (Wildman–Crippen MR) is 44.4 cm³/mol. The molecule has 11 heavy (non-hydrogen) atoms. The van der Waals surface area contributed by atoms with Gasteiger partial charge in [0, 0.05) is 0 Å². The lowest BCUT2D eigenvalue weighted by atomic mass is 10.6. The molecule has 0 aliphatic heterocycles. The van der Waals surface area contributed by atoms with Gasteiger partial charge in [-0.05, 0) is 13.5 Å². The summed E-state index contributed by atoms with van der Waals surface area (Å²) in [7, 11) is 0. The van der Waals surface area contributed by atoms with Crippen LogP contribution in [0.15, 0.2) is 12.3 Å². The molecule has 0 aliphatic carbocycles. The molecule has 3 nitrogen and oxygen atoms in total. The van der Waals surface area contributed by atoms with E-state index in [1.54, 1.807) is 6.92 Å². The van der Waals surface area contributed by atoms with Crippen LogP contribution in [0.1, 0.15) is 27.2 Å². The zero-order valence-corrected chi connectivity index (χ0v) is 7.39. The van der Waals surface area contributed by atoms with Gasteiger partial charge in [-0.2, -0.15) is 0 Å². The summed E-state index contributed by atoms with van der Waals surface area (Å²) in [5, 5.41) is 8.09. The maximum absolute atomic E-state index is 9.86. The van der Waals surface area contributed by atoms with E-state index in [-0.39, 0.29) is 5.76 Å². The summed E-state index contributed by atoms with van der Waals surface area (Å²) >= 11 is 0. The number of aliphatic carboxylic acids is 1. The Hall–Kier alpha value is -0.990. The molecule has 0 unspecified atom stereocenters. The average Bonchev–Trinajstić information content (AvgIpc) is 1.90. The Morgan fingerprint density at radius 2 is 1.82 bits per heavy atom. The molecule has 0 saturated heterocycles. The lowest BCUT2D eigenvalue weighted by Crippen LogP contribution is -2.02. The first-order valence-corrected chi connectivity index (χ1v) is 3.65. The number of carboxylic acid groups (broad SMARTS) is 1. The molecule has 0 radical (unpaired) electrons. The highest BCUT2D eigenvalue weighted by atomic mass is 16.5. The number of carbonyl (C=O) groups is 1. The second-order valence-corrected chi connectivity index (χ2v) is 1.87. The van der Waals surface area contributed by atoms with Gasteiger partial charge in [0.25, 0.3) is 0 Å². The number of ether oxygens (including phenoxy) is 1.